The van der Waals surface area contributed by atoms with Crippen molar-refractivity contribution in [2.45, 2.75) is 27.3 Å². The average molecular weight is 339 g/mol. The topological polar surface area (TPSA) is 34.9 Å². The van der Waals surface area contributed by atoms with Gasteiger partial charge >= 0.3 is 0 Å². The minimum absolute atomic E-state index is 0.0394. The zero-order chi connectivity index (χ0) is 14.0. The van der Waals surface area contributed by atoms with Crippen molar-refractivity contribution >= 4 is 39.1 Å². The molecule has 0 amide bonds. The van der Waals surface area contributed by atoms with Gasteiger partial charge in [0.2, 0.25) is 0 Å². The van der Waals surface area contributed by atoms with E-state index in [4.69, 9.17) is 0 Å². The van der Waals surface area contributed by atoms with Gasteiger partial charge in [0, 0.05) is 21.9 Å². The molecule has 0 N–H and O–H groups in total. The summed E-state index contributed by atoms with van der Waals surface area (Å²) in [5, 5.41) is 4.22. The first kappa shape index (κ1) is 14.2. The maximum atomic E-state index is 12.2. The first-order valence-electron chi connectivity index (χ1n) is 6.03. The number of rotatable bonds is 4. The van der Waals surface area contributed by atoms with Crippen molar-refractivity contribution in [3.63, 3.8) is 0 Å². The first-order valence-corrected chi connectivity index (χ1v) is 7.64. The normalized spacial score (nSPS) is 11.4. The highest BCUT2D eigenvalue weighted by Gasteiger charge is 2.10. The number of nitrogens with zero attached hydrogens (tertiary/aromatic N) is 2. The van der Waals surface area contributed by atoms with Gasteiger partial charge in [0.05, 0.1) is 16.4 Å². The van der Waals surface area contributed by atoms with Crippen LogP contribution in [0.5, 0.6) is 0 Å². The van der Waals surface area contributed by atoms with Gasteiger partial charge in [0.1, 0.15) is 0 Å². The van der Waals surface area contributed by atoms with Crippen LogP contribution in [0, 0.1) is 13.8 Å². The van der Waals surface area contributed by atoms with Crippen LogP contribution < -0.4 is 0 Å². The van der Waals surface area contributed by atoms with Gasteiger partial charge in [0.15, 0.2) is 5.78 Å². The van der Waals surface area contributed by atoms with Crippen molar-refractivity contribution in [1.82, 2.24) is 9.78 Å². The second-order valence-corrected chi connectivity index (χ2v) is 6.53. The Morgan fingerprint density at radius 2 is 2.26 bits per heavy atom. The van der Waals surface area contributed by atoms with Gasteiger partial charge in [-0.3, -0.25) is 9.48 Å². The van der Waals surface area contributed by atoms with Gasteiger partial charge in [-0.2, -0.15) is 5.10 Å². The van der Waals surface area contributed by atoms with E-state index in [1.54, 1.807) is 23.6 Å². The Bertz CT molecular complexity index is 640. The summed E-state index contributed by atoms with van der Waals surface area (Å²) in [6, 6.07) is 1.94. The van der Waals surface area contributed by atoms with Gasteiger partial charge in [-0.15, -0.1) is 11.3 Å². The molecule has 0 atom stereocenters. The zero-order valence-corrected chi connectivity index (χ0v) is 13.5. The lowest BCUT2D eigenvalue weighted by Gasteiger charge is -1.99. The van der Waals surface area contributed by atoms with Crippen LogP contribution in [0.1, 0.15) is 32.7 Å². The lowest BCUT2D eigenvalue weighted by molar-refractivity contribution is 0.104. The second-order valence-electron chi connectivity index (χ2n) is 4.22. The van der Waals surface area contributed by atoms with E-state index in [-0.39, 0.29) is 5.78 Å². The molecule has 0 aromatic carbocycles. The fourth-order valence-electron chi connectivity index (χ4n) is 1.91. The fraction of sp³-hybridized carbons (Fsp3) is 0.286. The van der Waals surface area contributed by atoms with E-state index in [1.165, 1.54) is 0 Å². The lowest BCUT2D eigenvalue weighted by Crippen LogP contribution is -1.99. The molecule has 5 heteroatoms. The molecule has 2 aromatic rings. The third-order valence-corrected chi connectivity index (χ3v) is 4.41. The molecule has 19 heavy (non-hydrogen) atoms. The Balaban J connectivity index is 2.25. The van der Waals surface area contributed by atoms with Gasteiger partial charge in [0.25, 0.3) is 0 Å². The second kappa shape index (κ2) is 5.84. The van der Waals surface area contributed by atoms with E-state index in [9.17, 15) is 4.79 Å². The quantitative estimate of drug-likeness (QED) is 0.617. The van der Waals surface area contributed by atoms with E-state index >= 15 is 0 Å². The van der Waals surface area contributed by atoms with Gasteiger partial charge in [-0.1, -0.05) is 0 Å². The number of ketones is 1. The summed E-state index contributed by atoms with van der Waals surface area (Å²) in [5.74, 6) is 0.0394. The highest BCUT2D eigenvalue weighted by atomic mass is 79.9. The molecular formula is C14H15BrN2OS. The fourth-order valence-corrected chi connectivity index (χ4v) is 3.27. The Hall–Kier alpha value is -1.20. The largest absolute Gasteiger partial charge is 0.289 e. The van der Waals surface area contributed by atoms with E-state index < -0.39 is 0 Å². The molecule has 0 radical (unpaired) electrons. The number of carbonyl (C=O) groups is 1. The van der Waals surface area contributed by atoms with Crippen LogP contribution >= 0.6 is 27.3 Å². The van der Waals surface area contributed by atoms with E-state index in [1.807, 2.05) is 37.6 Å². The molecule has 2 heterocycles. The van der Waals surface area contributed by atoms with Crippen molar-refractivity contribution < 1.29 is 4.79 Å². The number of carbonyl (C=O) groups excluding carboxylic acids is 1. The Morgan fingerprint density at radius 3 is 2.84 bits per heavy atom. The number of thiophene rings is 1. The Labute approximate surface area is 125 Å². The summed E-state index contributed by atoms with van der Waals surface area (Å²) >= 11 is 5.09. The molecule has 0 unspecified atom stereocenters. The van der Waals surface area contributed by atoms with Crippen molar-refractivity contribution in [3.8, 4) is 0 Å². The summed E-state index contributed by atoms with van der Waals surface area (Å²) in [5.41, 5.74) is 1.71. The number of aryl methyl sites for hydroxylation is 3. The van der Waals surface area contributed by atoms with Gasteiger partial charge < -0.3 is 0 Å². The highest BCUT2D eigenvalue weighted by Crippen LogP contribution is 2.22. The Morgan fingerprint density at radius 1 is 1.53 bits per heavy atom. The third-order valence-electron chi connectivity index (χ3n) is 2.83. The average Bonchev–Trinajstić information content (AvgIpc) is 2.89. The van der Waals surface area contributed by atoms with Crippen molar-refractivity contribution in [2.24, 2.45) is 0 Å². The molecule has 3 nitrogen and oxygen atoms in total. The molecule has 100 valence electrons. The molecule has 2 aromatic heterocycles. The van der Waals surface area contributed by atoms with Crippen LogP contribution in [-0.2, 0) is 6.54 Å². The molecule has 0 spiro atoms. The predicted molar refractivity (Wildman–Crippen MR) is 82.8 cm³/mol. The molecule has 0 aliphatic heterocycles. The van der Waals surface area contributed by atoms with Crippen molar-refractivity contribution in [1.29, 1.82) is 0 Å². The number of hydrogen-bond donors (Lipinski definition) is 0. The zero-order valence-electron chi connectivity index (χ0n) is 11.1. The molecule has 0 saturated heterocycles. The number of hydrogen-bond acceptors (Lipinski definition) is 3. The summed E-state index contributed by atoms with van der Waals surface area (Å²) in [7, 11) is 0. The summed E-state index contributed by atoms with van der Waals surface area (Å²) < 4.78 is 2.75. The molecular weight excluding hydrogens is 324 g/mol. The van der Waals surface area contributed by atoms with Crippen LogP contribution in [0.3, 0.4) is 0 Å². The molecule has 0 aliphatic carbocycles. The van der Waals surface area contributed by atoms with Crippen LogP contribution in [0.15, 0.2) is 22.8 Å². The smallest absolute Gasteiger partial charge is 0.187 e. The van der Waals surface area contributed by atoms with E-state index in [0.717, 1.165) is 32.0 Å². The van der Waals surface area contributed by atoms with Crippen LogP contribution in [0.2, 0.25) is 0 Å². The maximum absolute atomic E-state index is 12.2. The Kier molecular flexibility index (Phi) is 4.37. The molecule has 2 rings (SSSR count). The number of allylic oxidation sites excluding steroid dienone is 1. The maximum Gasteiger partial charge on any atom is 0.187 e. The highest BCUT2D eigenvalue weighted by molar-refractivity contribution is 9.10. The van der Waals surface area contributed by atoms with Crippen molar-refractivity contribution in [2.75, 3.05) is 0 Å². The summed E-state index contributed by atoms with van der Waals surface area (Å²) in [4.78, 5) is 14.4. The standard InChI is InChI=1S/C14H15BrN2OS/c1-4-17-13(12(15)8-16-17)5-6-14(18)11-7-9(2)19-10(11)3/h5-8H,4H2,1-3H3/b6-5+. The molecule has 0 fully saturated rings. The van der Waals surface area contributed by atoms with Gasteiger partial charge in [-0.25, -0.2) is 0 Å². The van der Waals surface area contributed by atoms with Crippen LogP contribution in [0.4, 0.5) is 0 Å². The minimum atomic E-state index is 0.0394. The van der Waals surface area contributed by atoms with Crippen molar-refractivity contribution in [3.05, 3.63) is 43.8 Å². The van der Waals surface area contributed by atoms with E-state index in [0.29, 0.717) is 0 Å². The monoisotopic (exact) mass is 338 g/mol. The molecule has 0 saturated carbocycles. The summed E-state index contributed by atoms with van der Waals surface area (Å²) in [6.45, 7) is 6.78. The van der Waals surface area contributed by atoms with Crippen LogP contribution in [-0.4, -0.2) is 15.6 Å². The van der Waals surface area contributed by atoms with Crippen LogP contribution in [0.25, 0.3) is 6.08 Å². The first-order chi connectivity index (χ1) is 9.02. The summed E-state index contributed by atoms with van der Waals surface area (Å²) in [6.07, 6.45) is 5.17. The molecule has 0 bridgehead atoms. The minimum Gasteiger partial charge on any atom is -0.289 e. The lowest BCUT2D eigenvalue weighted by atomic mass is 10.1. The third kappa shape index (κ3) is 3.04. The number of halogens is 1. The van der Waals surface area contributed by atoms with E-state index in [2.05, 4.69) is 21.0 Å². The molecule has 0 aliphatic rings. The SMILES string of the molecule is CCn1ncc(Br)c1/C=C/C(=O)c1cc(C)sc1C. The number of aromatic nitrogens is 2. The van der Waals surface area contributed by atoms with Gasteiger partial charge in [-0.05, 0) is 54.9 Å². The predicted octanol–water partition coefficient (Wildman–Crippen LogP) is 4.24.